The third kappa shape index (κ3) is 3.92. The molecule has 1 atom stereocenters. The van der Waals surface area contributed by atoms with Crippen molar-refractivity contribution in [1.82, 2.24) is 5.32 Å². The zero-order valence-corrected chi connectivity index (χ0v) is 19.3. The minimum absolute atomic E-state index is 0.0879. The van der Waals surface area contributed by atoms with Gasteiger partial charge in [-0.1, -0.05) is 45.7 Å². The van der Waals surface area contributed by atoms with E-state index in [1.165, 1.54) is 7.11 Å². The maximum absolute atomic E-state index is 13.5. The summed E-state index contributed by atoms with van der Waals surface area (Å²) in [6.45, 7) is 0.0879. The van der Waals surface area contributed by atoms with Crippen molar-refractivity contribution < 1.29 is 19.4 Å². The van der Waals surface area contributed by atoms with Crippen LogP contribution in [-0.4, -0.2) is 24.2 Å². The van der Waals surface area contributed by atoms with Crippen LogP contribution in [0.3, 0.4) is 0 Å². The summed E-state index contributed by atoms with van der Waals surface area (Å²) in [6.07, 6.45) is 0. The first-order valence-corrected chi connectivity index (χ1v) is 10.8. The van der Waals surface area contributed by atoms with Gasteiger partial charge in [-0.25, -0.2) is 4.79 Å². The van der Waals surface area contributed by atoms with Crippen LogP contribution in [0.4, 0.5) is 16.2 Å². The third-order valence-electron chi connectivity index (χ3n) is 5.16. The average Bonchev–Trinajstić information content (AvgIpc) is 2.79. The Morgan fingerprint density at radius 1 is 1.19 bits per heavy atom. The minimum Gasteiger partial charge on any atom is -0.496 e. The number of halogens is 2. The SMILES string of the molecule is COc1ccccc1CNC(=O)C1(O)c2cc(Br)ccc2NC(=O)N1c1ccc(Cl)cc1. The lowest BCUT2D eigenvalue weighted by Gasteiger charge is -2.42. The summed E-state index contributed by atoms with van der Waals surface area (Å²) >= 11 is 9.37. The van der Waals surface area contributed by atoms with Gasteiger partial charge in [0.05, 0.1) is 12.8 Å². The van der Waals surface area contributed by atoms with Gasteiger partial charge in [-0.2, -0.15) is 0 Å². The van der Waals surface area contributed by atoms with Crippen molar-refractivity contribution in [3.8, 4) is 5.75 Å². The van der Waals surface area contributed by atoms with Crippen LogP contribution < -0.4 is 20.3 Å². The first kappa shape index (κ1) is 22.1. The number of hydrogen-bond acceptors (Lipinski definition) is 4. The molecule has 3 amide bonds. The second-order valence-electron chi connectivity index (χ2n) is 7.10. The zero-order chi connectivity index (χ0) is 22.9. The van der Waals surface area contributed by atoms with Gasteiger partial charge < -0.3 is 20.5 Å². The van der Waals surface area contributed by atoms with E-state index in [1.807, 2.05) is 12.1 Å². The Balaban J connectivity index is 1.77. The van der Waals surface area contributed by atoms with Crippen molar-refractivity contribution in [2.24, 2.45) is 0 Å². The molecule has 0 aromatic heterocycles. The summed E-state index contributed by atoms with van der Waals surface area (Å²) in [5, 5.41) is 17.8. The van der Waals surface area contributed by atoms with Crippen LogP contribution in [0.5, 0.6) is 5.75 Å². The molecule has 9 heteroatoms. The van der Waals surface area contributed by atoms with Crippen LogP contribution in [-0.2, 0) is 17.1 Å². The normalized spacial score (nSPS) is 17.4. The quantitative estimate of drug-likeness (QED) is 0.461. The molecule has 1 unspecified atom stereocenters. The van der Waals surface area contributed by atoms with Crippen molar-refractivity contribution in [3.05, 3.63) is 87.4 Å². The number of amides is 3. The molecule has 0 fully saturated rings. The van der Waals surface area contributed by atoms with Crippen molar-refractivity contribution >= 4 is 50.8 Å². The molecule has 7 nitrogen and oxygen atoms in total. The highest BCUT2D eigenvalue weighted by molar-refractivity contribution is 9.10. The van der Waals surface area contributed by atoms with E-state index in [-0.39, 0.29) is 12.1 Å². The molecule has 0 bridgehead atoms. The number of carbonyl (C=O) groups excluding carboxylic acids is 2. The van der Waals surface area contributed by atoms with Gasteiger partial charge in [-0.15, -0.1) is 0 Å². The molecule has 1 aliphatic heterocycles. The Morgan fingerprint density at radius 2 is 1.91 bits per heavy atom. The highest BCUT2D eigenvalue weighted by atomic mass is 79.9. The highest BCUT2D eigenvalue weighted by Crippen LogP contribution is 2.41. The van der Waals surface area contributed by atoms with Crippen LogP contribution in [0.2, 0.25) is 5.02 Å². The second kappa shape index (κ2) is 8.82. The fourth-order valence-corrected chi connectivity index (χ4v) is 4.11. The van der Waals surface area contributed by atoms with Crippen molar-refractivity contribution in [1.29, 1.82) is 0 Å². The van der Waals surface area contributed by atoms with E-state index >= 15 is 0 Å². The van der Waals surface area contributed by atoms with E-state index in [0.717, 1.165) is 10.5 Å². The predicted molar refractivity (Wildman–Crippen MR) is 126 cm³/mol. The monoisotopic (exact) mass is 515 g/mol. The van der Waals surface area contributed by atoms with Crippen molar-refractivity contribution in [3.63, 3.8) is 0 Å². The lowest BCUT2D eigenvalue weighted by atomic mass is 9.94. The number of ether oxygens (including phenoxy) is 1. The summed E-state index contributed by atoms with van der Waals surface area (Å²) in [7, 11) is 1.54. The number of rotatable bonds is 5. The lowest BCUT2D eigenvalue weighted by Crippen LogP contribution is -2.62. The van der Waals surface area contributed by atoms with E-state index in [9.17, 15) is 14.7 Å². The van der Waals surface area contributed by atoms with Crippen LogP contribution in [0, 0.1) is 0 Å². The molecule has 32 heavy (non-hydrogen) atoms. The van der Waals surface area contributed by atoms with Crippen molar-refractivity contribution in [2.75, 3.05) is 17.3 Å². The highest BCUT2D eigenvalue weighted by Gasteiger charge is 2.52. The number of benzene rings is 3. The molecule has 1 heterocycles. The molecule has 1 aliphatic rings. The first-order chi connectivity index (χ1) is 15.3. The van der Waals surface area contributed by atoms with Crippen LogP contribution in [0.15, 0.2) is 71.2 Å². The van der Waals surface area contributed by atoms with Crippen molar-refractivity contribution in [2.45, 2.75) is 12.3 Å². The fourth-order valence-electron chi connectivity index (χ4n) is 3.62. The molecular weight excluding hydrogens is 498 g/mol. The number of methoxy groups -OCH3 is 1. The summed E-state index contributed by atoms with van der Waals surface area (Å²) in [6, 6.07) is 17.8. The van der Waals surface area contributed by atoms with Gasteiger partial charge in [0.25, 0.3) is 11.6 Å². The Bertz CT molecular complexity index is 1190. The predicted octanol–water partition coefficient (Wildman–Crippen LogP) is 4.62. The molecule has 3 aromatic carbocycles. The van der Waals surface area contributed by atoms with E-state index in [2.05, 4.69) is 26.6 Å². The number of carbonyl (C=O) groups is 2. The number of anilines is 2. The number of urea groups is 1. The van der Waals surface area contributed by atoms with Gasteiger partial charge in [-0.05, 0) is 48.5 Å². The molecule has 3 N–H and O–H groups in total. The Labute approximate surface area is 198 Å². The summed E-state index contributed by atoms with van der Waals surface area (Å²) in [4.78, 5) is 27.5. The maximum atomic E-state index is 13.5. The number of fused-ring (bicyclic) bond motifs is 1. The van der Waals surface area contributed by atoms with Crippen LogP contribution in [0.1, 0.15) is 11.1 Å². The molecule has 0 saturated heterocycles. The summed E-state index contributed by atoms with van der Waals surface area (Å²) in [5.74, 6) is -0.175. The van der Waals surface area contributed by atoms with Gasteiger partial charge in [0, 0.05) is 32.9 Å². The molecule has 164 valence electrons. The summed E-state index contributed by atoms with van der Waals surface area (Å²) in [5.41, 5.74) is -0.749. The number of hydrogen-bond donors (Lipinski definition) is 3. The van der Waals surface area contributed by atoms with E-state index < -0.39 is 17.7 Å². The van der Waals surface area contributed by atoms with E-state index in [4.69, 9.17) is 16.3 Å². The molecule has 0 spiro atoms. The van der Waals surface area contributed by atoms with Crippen LogP contribution in [0.25, 0.3) is 0 Å². The Kier molecular flexibility index (Phi) is 6.10. The average molecular weight is 517 g/mol. The molecule has 0 saturated carbocycles. The molecule has 3 aromatic rings. The number of nitrogens with one attached hydrogen (secondary N) is 2. The van der Waals surface area contributed by atoms with E-state index in [1.54, 1.807) is 54.6 Å². The number of para-hydroxylation sites is 1. The minimum atomic E-state index is -2.32. The molecule has 0 aliphatic carbocycles. The third-order valence-corrected chi connectivity index (χ3v) is 5.90. The largest absolute Gasteiger partial charge is 0.496 e. The zero-order valence-electron chi connectivity index (χ0n) is 16.9. The van der Waals surface area contributed by atoms with Gasteiger partial charge in [0.15, 0.2) is 0 Å². The Morgan fingerprint density at radius 3 is 2.62 bits per heavy atom. The molecule has 4 rings (SSSR count). The summed E-state index contributed by atoms with van der Waals surface area (Å²) < 4.78 is 5.97. The number of nitrogens with zero attached hydrogens (tertiary/aromatic N) is 1. The Hall–Kier alpha value is -3.07. The molecule has 0 radical (unpaired) electrons. The van der Waals surface area contributed by atoms with Crippen LogP contribution >= 0.6 is 27.5 Å². The number of aliphatic hydroxyl groups is 1. The van der Waals surface area contributed by atoms with E-state index in [0.29, 0.717) is 26.6 Å². The molecular formula is C23H19BrClN3O4. The lowest BCUT2D eigenvalue weighted by molar-refractivity contribution is -0.140. The topological polar surface area (TPSA) is 90.9 Å². The standard InChI is InChI=1S/C23H19BrClN3O4/c1-32-20-5-3-2-4-14(20)13-26-21(29)23(31)18-12-15(24)6-11-19(18)27-22(30)28(23)17-9-7-16(25)8-10-17/h2-12,31H,13H2,1H3,(H,26,29)(H,27,30). The maximum Gasteiger partial charge on any atom is 0.329 e. The second-order valence-corrected chi connectivity index (χ2v) is 8.45. The van der Waals surface area contributed by atoms with Gasteiger partial charge in [0.1, 0.15) is 5.75 Å². The van der Waals surface area contributed by atoms with Gasteiger partial charge in [0.2, 0.25) is 0 Å². The fraction of sp³-hybridized carbons (Fsp3) is 0.130. The smallest absolute Gasteiger partial charge is 0.329 e. The van der Waals surface area contributed by atoms with Gasteiger partial charge in [-0.3, -0.25) is 9.69 Å². The van der Waals surface area contributed by atoms with Gasteiger partial charge >= 0.3 is 6.03 Å². The first-order valence-electron chi connectivity index (χ1n) is 9.64.